The molecule has 1 aromatic carbocycles. The smallest absolute Gasteiger partial charge is 0.240 e. The molecule has 2 saturated heterocycles. The van der Waals surface area contributed by atoms with Gasteiger partial charge in [-0.2, -0.15) is 5.26 Å². The van der Waals surface area contributed by atoms with Gasteiger partial charge in [0.1, 0.15) is 18.4 Å². The van der Waals surface area contributed by atoms with Gasteiger partial charge < -0.3 is 9.64 Å². The first-order valence-electron chi connectivity index (χ1n) is 9.19. The van der Waals surface area contributed by atoms with Gasteiger partial charge in [-0.1, -0.05) is 6.07 Å². The molecule has 1 aromatic heterocycles. The summed E-state index contributed by atoms with van der Waals surface area (Å²) in [6, 6.07) is 11.7. The van der Waals surface area contributed by atoms with Crippen molar-refractivity contribution >= 4 is 16.8 Å². The van der Waals surface area contributed by atoms with Gasteiger partial charge in [-0.05, 0) is 49.9 Å². The molecule has 2 aliphatic heterocycles. The molecule has 6 heteroatoms. The van der Waals surface area contributed by atoms with E-state index < -0.39 is 0 Å². The van der Waals surface area contributed by atoms with Gasteiger partial charge >= 0.3 is 0 Å². The summed E-state index contributed by atoms with van der Waals surface area (Å²) in [4.78, 5) is 18.8. The van der Waals surface area contributed by atoms with Gasteiger partial charge in [-0.25, -0.2) is 0 Å². The first-order chi connectivity index (χ1) is 12.8. The third-order valence-corrected chi connectivity index (χ3v) is 5.27. The van der Waals surface area contributed by atoms with Crippen molar-refractivity contribution in [3.8, 4) is 11.8 Å². The molecule has 2 fully saturated rings. The van der Waals surface area contributed by atoms with Gasteiger partial charge in [0.2, 0.25) is 5.91 Å². The number of carbonyl (C=O) groups excluding carboxylic acids is 1. The van der Waals surface area contributed by atoms with Crippen LogP contribution in [-0.2, 0) is 4.79 Å². The maximum absolute atomic E-state index is 12.7. The monoisotopic (exact) mass is 350 g/mol. The summed E-state index contributed by atoms with van der Waals surface area (Å²) in [7, 11) is 0. The molecule has 2 aromatic rings. The molecule has 0 aliphatic carbocycles. The second kappa shape index (κ2) is 7.30. The van der Waals surface area contributed by atoms with E-state index in [2.05, 4.69) is 16.4 Å². The van der Waals surface area contributed by atoms with Gasteiger partial charge in [-0.15, -0.1) is 0 Å². The molecule has 6 nitrogen and oxygen atoms in total. The maximum atomic E-state index is 12.7. The van der Waals surface area contributed by atoms with Gasteiger partial charge in [0.05, 0.1) is 17.6 Å². The molecule has 0 bridgehead atoms. The van der Waals surface area contributed by atoms with E-state index in [-0.39, 0.29) is 24.0 Å². The Morgan fingerprint density at radius 2 is 2.23 bits per heavy atom. The number of benzene rings is 1. The minimum Gasteiger partial charge on any atom is -0.491 e. The van der Waals surface area contributed by atoms with Gasteiger partial charge in [0.25, 0.3) is 0 Å². The molecular formula is C20H22N4O2. The summed E-state index contributed by atoms with van der Waals surface area (Å²) in [6.07, 6.45) is 5.16. The maximum Gasteiger partial charge on any atom is 0.240 e. The second-order valence-electron chi connectivity index (χ2n) is 6.95. The molecule has 0 saturated carbocycles. The van der Waals surface area contributed by atoms with E-state index in [0.29, 0.717) is 13.2 Å². The highest BCUT2D eigenvalue weighted by atomic mass is 16.5. The number of carbonyl (C=O) groups is 1. The zero-order valence-electron chi connectivity index (χ0n) is 14.6. The normalized spacial score (nSPS) is 25.3. The highest BCUT2D eigenvalue weighted by molar-refractivity contribution is 5.85. The van der Waals surface area contributed by atoms with E-state index in [1.54, 1.807) is 11.1 Å². The Morgan fingerprint density at radius 1 is 1.31 bits per heavy atom. The number of amides is 1. The Balaban J connectivity index is 1.36. The van der Waals surface area contributed by atoms with Crippen molar-refractivity contribution in [1.82, 2.24) is 15.2 Å². The topological polar surface area (TPSA) is 78.2 Å². The van der Waals surface area contributed by atoms with Crippen LogP contribution in [0.25, 0.3) is 10.9 Å². The number of nitriles is 1. The van der Waals surface area contributed by atoms with Crippen molar-refractivity contribution in [2.24, 2.45) is 0 Å². The average Bonchev–Trinajstić information content (AvgIpc) is 3.35. The average molecular weight is 350 g/mol. The summed E-state index contributed by atoms with van der Waals surface area (Å²) < 4.78 is 6.02. The van der Waals surface area contributed by atoms with Gasteiger partial charge in [0, 0.05) is 24.2 Å². The van der Waals surface area contributed by atoms with Crippen molar-refractivity contribution < 1.29 is 9.53 Å². The number of rotatable bonds is 4. The number of nitrogens with zero attached hydrogens (tertiary/aromatic N) is 3. The fraction of sp³-hybridized carbons (Fsp3) is 0.450. The van der Waals surface area contributed by atoms with Crippen molar-refractivity contribution in [3.05, 3.63) is 36.5 Å². The van der Waals surface area contributed by atoms with Crippen molar-refractivity contribution in [1.29, 1.82) is 5.26 Å². The Labute approximate surface area is 152 Å². The quantitative estimate of drug-likeness (QED) is 0.915. The standard InChI is InChI=1S/C20H22N4O2/c21-12-15-4-3-11-24(15)20(25)18-9-8-14(23-18)13-26-19-7-1-6-17-16(19)5-2-10-22-17/h1-2,5-7,10,14-15,18,23H,3-4,8-9,11,13H2/t14-,15+,18+/m1/s1. The Hall–Kier alpha value is -2.65. The predicted molar refractivity (Wildman–Crippen MR) is 97.5 cm³/mol. The molecule has 4 rings (SSSR count). The first kappa shape index (κ1) is 16.8. The van der Waals surface area contributed by atoms with Crippen LogP contribution in [0.3, 0.4) is 0 Å². The van der Waals surface area contributed by atoms with E-state index in [9.17, 15) is 10.1 Å². The lowest BCUT2D eigenvalue weighted by Crippen LogP contribution is -2.47. The molecule has 0 unspecified atom stereocenters. The molecule has 134 valence electrons. The zero-order chi connectivity index (χ0) is 17.9. The summed E-state index contributed by atoms with van der Waals surface area (Å²) in [5.41, 5.74) is 0.911. The second-order valence-corrected chi connectivity index (χ2v) is 6.95. The van der Waals surface area contributed by atoms with E-state index in [4.69, 9.17) is 4.74 Å². The van der Waals surface area contributed by atoms with Crippen LogP contribution in [-0.4, -0.2) is 47.1 Å². The zero-order valence-corrected chi connectivity index (χ0v) is 14.6. The molecule has 26 heavy (non-hydrogen) atoms. The number of aromatic nitrogens is 1. The minimum atomic E-state index is -0.261. The number of ether oxygens (including phenoxy) is 1. The molecule has 3 atom stereocenters. The SMILES string of the molecule is N#C[C@@H]1CCCN1C(=O)[C@@H]1CC[C@H](COc2cccc3ncccc23)N1. The fourth-order valence-corrected chi connectivity index (χ4v) is 3.90. The summed E-state index contributed by atoms with van der Waals surface area (Å²) >= 11 is 0. The summed E-state index contributed by atoms with van der Waals surface area (Å²) in [6.45, 7) is 1.21. The molecular weight excluding hydrogens is 328 g/mol. The first-order valence-corrected chi connectivity index (χ1v) is 9.19. The predicted octanol–water partition coefficient (Wildman–Crippen LogP) is 2.25. The third kappa shape index (κ3) is 3.23. The van der Waals surface area contributed by atoms with Crippen molar-refractivity contribution in [2.75, 3.05) is 13.2 Å². The van der Waals surface area contributed by atoms with Crippen LogP contribution < -0.4 is 10.1 Å². The van der Waals surface area contributed by atoms with Crippen LogP contribution in [0.2, 0.25) is 0 Å². The van der Waals surface area contributed by atoms with Gasteiger partial charge in [-0.3, -0.25) is 15.1 Å². The van der Waals surface area contributed by atoms with Crippen LogP contribution in [0.15, 0.2) is 36.5 Å². The number of likely N-dealkylation sites (tertiary alicyclic amines) is 1. The van der Waals surface area contributed by atoms with Crippen LogP contribution >= 0.6 is 0 Å². The van der Waals surface area contributed by atoms with E-state index in [1.165, 1.54) is 0 Å². The molecule has 0 spiro atoms. The number of hydrogen-bond donors (Lipinski definition) is 1. The van der Waals surface area contributed by atoms with E-state index in [0.717, 1.165) is 42.3 Å². The molecule has 3 heterocycles. The van der Waals surface area contributed by atoms with Crippen molar-refractivity contribution in [2.45, 2.75) is 43.8 Å². The van der Waals surface area contributed by atoms with Gasteiger partial charge in [0.15, 0.2) is 0 Å². The number of pyridine rings is 1. The largest absolute Gasteiger partial charge is 0.491 e. The highest BCUT2D eigenvalue weighted by Gasteiger charge is 2.36. The molecule has 2 aliphatic rings. The lowest BCUT2D eigenvalue weighted by atomic mass is 10.1. The molecule has 1 N–H and O–H groups in total. The van der Waals surface area contributed by atoms with Crippen LogP contribution in [0.1, 0.15) is 25.7 Å². The van der Waals surface area contributed by atoms with Crippen molar-refractivity contribution in [3.63, 3.8) is 0 Å². The number of fused-ring (bicyclic) bond motifs is 1. The lowest BCUT2D eigenvalue weighted by Gasteiger charge is -2.24. The van der Waals surface area contributed by atoms with Crippen LogP contribution in [0.4, 0.5) is 0 Å². The lowest BCUT2D eigenvalue weighted by molar-refractivity contribution is -0.133. The molecule has 0 radical (unpaired) electrons. The summed E-state index contributed by atoms with van der Waals surface area (Å²) in [5, 5.41) is 13.6. The highest BCUT2D eigenvalue weighted by Crippen LogP contribution is 2.25. The minimum absolute atomic E-state index is 0.0610. The molecule has 1 amide bonds. The summed E-state index contributed by atoms with van der Waals surface area (Å²) in [5.74, 6) is 0.877. The van der Waals surface area contributed by atoms with Crippen LogP contribution in [0.5, 0.6) is 5.75 Å². The fourth-order valence-electron chi connectivity index (χ4n) is 3.90. The third-order valence-electron chi connectivity index (χ3n) is 5.27. The Kier molecular flexibility index (Phi) is 4.72. The van der Waals surface area contributed by atoms with E-state index in [1.807, 2.05) is 30.3 Å². The Morgan fingerprint density at radius 3 is 3.12 bits per heavy atom. The number of hydrogen-bond acceptors (Lipinski definition) is 5. The van der Waals surface area contributed by atoms with E-state index >= 15 is 0 Å². The Bertz CT molecular complexity index is 842. The number of nitrogens with one attached hydrogen (secondary N) is 1. The van der Waals surface area contributed by atoms with Crippen LogP contribution in [0, 0.1) is 11.3 Å².